The summed E-state index contributed by atoms with van der Waals surface area (Å²) < 4.78 is 0. The van der Waals surface area contributed by atoms with E-state index in [0.29, 0.717) is 11.5 Å². The Morgan fingerprint density at radius 2 is 1.53 bits per heavy atom. The van der Waals surface area contributed by atoms with Gasteiger partial charge in [0.1, 0.15) is 0 Å². The number of nitrogens with one attached hydrogen (secondary N) is 3. The Hall–Kier alpha value is -3.53. The second kappa shape index (κ2) is 14.4. The van der Waals surface area contributed by atoms with Gasteiger partial charge in [-0.1, -0.05) is 83.7 Å². The first-order valence-electron chi connectivity index (χ1n) is 14.4. The van der Waals surface area contributed by atoms with Crippen molar-refractivity contribution in [3.8, 4) is 0 Å². The molecule has 1 unspecified atom stereocenters. The molecular weight excluding hydrogens is 466 g/mol. The standard InChI is InChI=1S/C32H39N3O.C2H6/c1-5-8-10-23(9-6-2)24-13-15-25(16-14-24)32(36)35-31-28-20-19-27(21-30(28)34-29(31)7-3)33-26-17-11-22(4)12-18-26;1-2/h11-21,23,33-34H,5-10H2,1-4H3,(H,35,36);1-2H3. The van der Waals surface area contributed by atoms with Gasteiger partial charge in [0.05, 0.1) is 5.69 Å². The van der Waals surface area contributed by atoms with Crippen molar-refractivity contribution in [2.24, 2.45) is 0 Å². The maximum Gasteiger partial charge on any atom is 0.255 e. The molecule has 0 fully saturated rings. The fourth-order valence-electron chi connectivity index (χ4n) is 4.91. The molecule has 202 valence electrons. The predicted octanol–water partition coefficient (Wildman–Crippen LogP) is 10.1. The number of aromatic amines is 1. The number of benzene rings is 3. The Kier molecular flexibility index (Phi) is 11.0. The lowest BCUT2D eigenvalue weighted by Crippen LogP contribution is -2.13. The van der Waals surface area contributed by atoms with E-state index in [-0.39, 0.29) is 5.91 Å². The first-order chi connectivity index (χ1) is 18.5. The number of aryl methyl sites for hydroxylation is 2. The first-order valence-corrected chi connectivity index (χ1v) is 14.4. The molecule has 0 aliphatic carbocycles. The number of amides is 1. The zero-order valence-corrected chi connectivity index (χ0v) is 24.1. The third-order valence-electron chi connectivity index (χ3n) is 7.00. The number of aromatic nitrogens is 1. The minimum Gasteiger partial charge on any atom is -0.357 e. The number of fused-ring (bicyclic) bond motifs is 1. The van der Waals surface area contributed by atoms with E-state index in [9.17, 15) is 4.79 Å². The summed E-state index contributed by atoms with van der Waals surface area (Å²) in [5, 5.41) is 7.68. The van der Waals surface area contributed by atoms with Gasteiger partial charge >= 0.3 is 0 Å². The van der Waals surface area contributed by atoms with Crippen molar-refractivity contribution < 1.29 is 4.79 Å². The summed E-state index contributed by atoms with van der Waals surface area (Å²) >= 11 is 0. The average molecular weight is 512 g/mol. The monoisotopic (exact) mass is 511 g/mol. The van der Waals surface area contributed by atoms with Crippen molar-refractivity contribution in [2.75, 3.05) is 10.6 Å². The van der Waals surface area contributed by atoms with E-state index < -0.39 is 0 Å². The molecule has 1 amide bonds. The molecule has 0 saturated heterocycles. The van der Waals surface area contributed by atoms with E-state index in [4.69, 9.17) is 0 Å². The van der Waals surface area contributed by atoms with Crippen molar-refractivity contribution >= 4 is 33.9 Å². The molecule has 0 aliphatic heterocycles. The van der Waals surface area contributed by atoms with Crippen molar-refractivity contribution in [2.45, 2.75) is 86.0 Å². The normalized spacial score (nSPS) is 11.5. The van der Waals surface area contributed by atoms with Crippen molar-refractivity contribution in [1.82, 2.24) is 4.98 Å². The molecule has 4 heteroatoms. The molecule has 4 nitrogen and oxygen atoms in total. The maximum absolute atomic E-state index is 13.2. The molecule has 3 N–H and O–H groups in total. The highest BCUT2D eigenvalue weighted by Gasteiger charge is 2.16. The van der Waals surface area contributed by atoms with Crippen LogP contribution in [0.2, 0.25) is 0 Å². The molecule has 0 aliphatic rings. The first kappa shape index (κ1) is 29.0. The number of hydrogen-bond donors (Lipinski definition) is 3. The fourth-order valence-corrected chi connectivity index (χ4v) is 4.91. The zero-order chi connectivity index (χ0) is 27.5. The predicted molar refractivity (Wildman–Crippen MR) is 165 cm³/mol. The highest BCUT2D eigenvalue weighted by atomic mass is 16.1. The quantitative estimate of drug-likeness (QED) is 0.188. The Morgan fingerprint density at radius 1 is 0.842 bits per heavy atom. The van der Waals surface area contributed by atoms with E-state index in [1.54, 1.807) is 0 Å². The molecule has 3 aromatic carbocycles. The Bertz CT molecular complexity index is 1290. The van der Waals surface area contributed by atoms with Crippen LogP contribution in [0.15, 0.2) is 66.7 Å². The van der Waals surface area contributed by atoms with Crippen LogP contribution >= 0.6 is 0 Å². The number of carbonyl (C=O) groups excluding carboxylic acids is 1. The zero-order valence-electron chi connectivity index (χ0n) is 24.1. The topological polar surface area (TPSA) is 56.9 Å². The van der Waals surface area contributed by atoms with Crippen LogP contribution in [0.5, 0.6) is 0 Å². The third kappa shape index (κ3) is 7.28. The molecule has 1 atom stereocenters. The highest BCUT2D eigenvalue weighted by molar-refractivity contribution is 6.10. The Labute approximate surface area is 229 Å². The lowest BCUT2D eigenvalue weighted by molar-refractivity contribution is 0.102. The average Bonchev–Trinajstić information content (AvgIpc) is 3.30. The highest BCUT2D eigenvalue weighted by Crippen LogP contribution is 2.32. The summed E-state index contributed by atoms with van der Waals surface area (Å²) in [6.07, 6.45) is 6.86. The maximum atomic E-state index is 13.2. The molecule has 1 heterocycles. The van der Waals surface area contributed by atoms with Crippen LogP contribution in [-0.4, -0.2) is 10.9 Å². The van der Waals surface area contributed by atoms with Crippen LogP contribution < -0.4 is 10.6 Å². The van der Waals surface area contributed by atoms with Gasteiger partial charge in [-0.2, -0.15) is 0 Å². The van der Waals surface area contributed by atoms with Gasteiger partial charge in [0.2, 0.25) is 0 Å². The summed E-state index contributed by atoms with van der Waals surface area (Å²) in [6, 6.07) is 22.8. The number of unbranched alkanes of at least 4 members (excludes halogenated alkanes) is 1. The minimum absolute atomic E-state index is 0.0698. The van der Waals surface area contributed by atoms with E-state index in [2.05, 4.69) is 97.9 Å². The third-order valence-corrected chi connectivity index (χ3v) is 7.00. The van der Waals surface area contributed by atoms with Crippen LogP contribution in [0.1, 0.15) is 99.8 Å². The van der Waals surface area contributed by atoms with E-state index in [0.717, 1.165) is 40.1 Å². The van der Waals surface area contributed by atoms with Gasteiger partial charge in [0.25, 0.3) is 5.91 Å². The van der Waals surface area contributed by atoms with Gasteiger partial charge in [0, 0.05) is 33.5 Å². The second-order valence-electron chi connectivity index (χ2n) is 9.79. The largest absolute Gasteiger partial charge is 0.357 e. The molecule has 0 radical (unpaired) electrons. The summed E-state index contributed by atoms with van der Waals surface area (Å²) in [6.45, 7) is 12.7. The SMILES string of the molecule is CC.CCCCC(CCC)c1ccc(C(=O)Nc2c(CC)[nH]c3cc(Nc4ccc(C)cc4)ccc23)cc1. The smallest absolute Gasteiger partial charge is 0.255 e. The van der Waals surface area contributed by atoms with Gasteiger partial charge in [0.15, 0.2) is 0 Å². The van der Waals surface area contributed by atoms with Gasteiger partial charge < -0.3 is 15.6 Å². The van der Waals surface area contributed by atoms with Crippen LogP contribution in [0, 0.1) is 6.92 Å². The summed E-state index contributed by atoms with van der Waals surface area (Å²) in [4.78, 5) is 16.7. The fraction of sp³-hybridized carbons (Fsp3) is 0.382. The van der Waals surface area contributed by atoms with E-state index in [1.165, 1.54) is 43.2 Å². The molecule has 0 bridgehead atoms. The lowest BCUT2D eigenvalue weighted by Gasteiger charge is -2.17. The molecule has 4 rings (SSSR count). The van der Waals surface area contributed by atoms with Crippen molar-refractivity contribution in [3.05, 3.63) is 89.1 Å². The molecule has 1 aromatic heterocycles. The molecule has 4 aromatic rings. The Balaban J connectivity index is 0.00000195. The second-order valence-corrected chi connectivity index (χ2v) is 9.79. The summed E-state index contributed by atoms with van der Waals surface area (Å²) in [5.41, 5.74) is 8.24. The number of H-pyrrole nitrogens is 1. The number of rotatable bonds is 11. The van der Waals surface area contributed by atoms with Crippen LogP contribution in [0.4, 0.5) is 17.1 Å². The number of hydrogen-bond acceptors (Lipinski definition) is 2. The molecule has 0 spiro atoms. The van der Waals surface area contributed by atoms with E-state index in [1.807, 2.05) is 26.0 Å². The summed E-state index contributed by atoms with van der Waals surface area (Å²) in [5.74, 6) is 0.509. The Morgan fingerprint density at radius 3 is 2.16 bits per heavy atom. The van der Waals surface area contributed by atoms with Gasteiger partial charge in [-0.3, -0.25) is 4.79 Å². The van der Waals surface area contributed by atoms with Crippen LogP contribution in [0.3, 0.4) is 0 Å². The molecule has 38 heavy (non-hydrogen) atoms. The summed E-state index contributed by atoms with van der Waals surface area (Å²) in [7, 11) is 0. The molecule has 0 saturated carbocycles. The van der Waals surface area contributed by atoms with Crippen LogP contribution in [0.25, 0.3) is 10.9 Å². The van der Waals surface area contributed by atoms with Crippen LogP contribution in [-0.2, 0) is 6.42 Å². The lowest BCUT2D eigenvalue weighted by atomic mass is 9.89. The van der Waals surface area contributed by atoms with Crippen molar-refractivity contribution in [1.29, 1.82) is 0 Å². The van der Waals surface area contributed by atoms with Crippen molar-refractivity contribution in [3.63, 3.8) is 0 Å². The number of anilines is 3. The van der Waals surface area contributed by atoms with Gasteiger partial charge in [-0.15, -0.1) is 0 Å². The minimum atomic E-state index is -0.0698. The number of carbonyl (C=O) groups is 1. The molecular formula is C34H45N3O. The van der Waals surface area contributed by atoms with Gasteiger partial charge in [-0.05, 0) is 80.1 Å². The van der Waals surface area contributed by atoms with Gasteiger partial charge in [-0.25, -0.2) is 0 Å². The van der Waals surface area contributed by atoms with E-state index >= 15 is 0 Å².